The predicted molar refractivity (Wildman–Crippen MR) is 104 cm³/mol. The van der Waals surface area contributed by atoms with Crippen molar-refractivity contribution < 1.29 is 0 Å². The minimum absolute atomic E-state index is 0.311. The van der Waals surface area contributed by atoms with Gasteiger partial charge in [0.05, 0.1) is 5.54 Å². The van der Waals surface area contributed by atoms with Crippen molar-refractivity contribution in [3.8, 4) is 0 Å². The molecule has 5 aliphatic rings. The number of rotatable bonds is 2. The van der Waals surface area contributed by atoms with Crippen LogP contribution in [0.4, 0.5) is 0 Å². The predicted octanol–water partition coefficient (Wildman–Crippen LogP) is 5.69. The lowest BCUT2D eigenvalue weighted by Gasteiger charge is -2.49. The van der Waals surface area contributed by atoms with Crippen LogP contribution in [0.5, 0.6) is 0 Å². The van der Waals surface area contributed by atoms with E-state index in [1.807, 2.05) is 0 Å². The highest BCUT2D eigenvalue weighted by molar-refractivity contribution is 5.87. The zero-order valence-electron chi connectivity index (χ0n) is 15.4. The summed E-state index contributed by atoms with van der Waals surface area (Å²) in [5.41, 5.74) is 5.44. The van der Waals surface area contributed by atoms with Crippen molar-refractivity contribution in [2.45, 2.75) is 63.8 Å². The third kappa shape index (κ3) is 1.99. The minimum atomic E-state index is 0.311. The maximum atomic E-state index is 5.38. The zero-order chi connectivity index (χ0) is 16.6. The second-order valence-corrected chi connectivity index (χ2v) is 10.0. The van der Waals surface area contributed by atoms with Crippen LogP contribution in [-0.2, 0) is 6.42 Å². The Bertz CT molecular complexity index is 785. The smallest absolute Gasteiger partial charge is 0.0619 e. The topological polar surface area (TPSA) is 12.4 Å². The van der Waals surface area contributed by atoms with Crippen molar-refractivity contribution >= 4 is 12.3 Å². The van der Waals surface area contributed by atoms with Gasteiger partial charge in [0.15, 0.2) is 0 Å². The molecule has 1 heteroatoms. The van der Waals surface area contributed by atoms with Crippen LogP contribution in [0.15, 0.2) is 34.8 Å². The molecule has 6 unspecified atom stereocenters. The van der Waals surface area contributed by atoms with Crippen LogP contribution >= 0.6 is 0 Å². The lowest BCUT2D eigenvalue weighted by atomic mass is 9.56. The first-order valence-corrected chi connectivity index (χ1v) is 10.5. The van der Waals surface area contributed by atoms with Crippen molar-refractivity contribution in [2.75, 3.05) is 0 Å². The number of hydrogen-bond acceptors (Lipinski definition) is 1. The first kappa shape index (κ1) is 14.8. The van der Waals surface area contributed by atoms with Gasteiger partial charge in [-0.2, -0.15) is 0 Å². The number of fused-ring (bicyclic) bond motifs is 3. The molecule has 6 atom stereocenters. The average Bonchev–Trinajstić information content (AvgIpc) is 2.83. The summed E-state index contributed by atoms with van der Waals surface area (Å²) in [5, 5.41) is 0. The Kier molecular flexibility index (Phi) is 2.88. The minimum Gasteiger partial charge on any atom is -0.286 e. The largest absolute Gasteiger partial charge is 0.286 e. The van der Waals surface area contributed by atoms with E-state index in [0.717, 1.165) is 23.2 Å². The van der Waals surface area contributed by atoms with Gasteiger partial charge < -0.3 is 0 Å². The van der Waals surface area contributed by atoms with Crippen LogP contribution in [0.3, 0.4) is 0 Å². The molecule has 1 nitrogen and oxygen atoms in total. The lowest BCUT2D eigenvalue weighted by molar-refractivity contribution is 0.0000983. The third-order valence-corrected chi connectivity index (χ3v) is 8.72. The number of nitrogens with zero attached hydrogens (tertiary/aromatic N) is 1. The molecule has 25 heavy (non-hydrogen) atoms. The van der Waals surface area contributed by atoms with E-state index in [1.54, 1.807) is 6.42 Å². The van der Waals surface area contributed by atoms with Gasteiger partial charge in [-0.05, 0) is 103 Å². The van der Waals surface area contributed by atoms with E-state index < -0.39 is 0 Å². The van der Waals surface area contributed by atoms with Gasteiger partial charge >= 0.3 is 0 Å². The Morgan fingerprint density at radius 1 is 1.08 bits per heavy atom. The molecule has 0 saturated heterocycles. The first-order valence-electron chi connectivity index (χ1n) is 10.5. The van der Waals surface area contributed by atoms with E-state index in [4.69, 9.17) is 4.99 Å². The molecule has 0 amide bonds. The Hall–Kier alpha value is -1.37. The summed E-state index contributed by atoms with van der Waals surface area (Å²) >= 11 is 0. The molecular weight excluding hydrogens is 302 g/mol. The number of allylic oxidation sites excluding steroid dienone is 1. The van der Waals surface area contributed by atoms with Gasteiger partial charge in [-0.15, -0.1) is 0 Å². The quantitative estimate of drug-likeness (QED) is 0.617. The molecule has 1 aromatic rings. The first-order chi connectivity index (χ1) is 12.2. The number of aryl methyl sites for hydroxylation is 1. The van der Waals surface area contributed by atoms with Crippen molar-refractivity contribution in [1.29, 1.82) is 0 Å². The molecule has 3 bridgehead atoms. The second-order valence-electron chi connectivity index (χ2n) is 10.0. The fourth-order valence-corrected chi connectivity index (χ4v) is 7.60. The van der Waals surface area contributed by atoms with Crippen LogP contribution < -0.4 is 0 Å². The number of aliphatic imine (C=N–C) groups is 1. The van der Waals surface area contributed by atoms with Crippen LogP contribution in [0, 0.1) is 29.1 Å². The zero-order valence-corrected chi connectivity index (χ0v) is 15.4. The Balaban J connectivity index is 1.33. The average molecular weight is 332 g/mol. The highest BCUT2D eigenvalue weighted by Crippen LogP contribution is 2.77. The van der Waals surface area contributed by atoms with Crippen molar-refractivity contribution in [2.24, 2.45) is 34.1 Å². The second kappa shape index (κ2) is 4.87. The Morgan fingerprint density at radius 2 is 2.00 bits per heavy atom. The normalized spacial score (nSPS) is 46.5. The molecule has 0 aromatic heterocycles. The summed E-state index contributed by atoms with van der Waals surface area (Å²) in [4.78, 5) is 5.38. The molecule has 6 rings (SSSR count). The molecule has 130 valence electrons. The van der Waals surface area contributed by atoms with Crippen LogP contribution in [0.25, 0.3) is 6.08 Å². The van der Waals surface area contributed by atoms with Gasteiger partial charge in [0.2, 0.25) is 0 Å². The van der Waals surface area contributed by atoms with Gasteiger partial charge in [0.1, 0.15) is 0 Å². The summed E-state index contributed by atoms with van der Waals surface area (Å²) in [6.45, 7) is 2.39. The van der Waals surface area contributed by atoms with Crippen molar-refractivity contribution in [1.82, 2.24) is 0 Å². The maximum absolute atomic E-state index is 5.38. The molecule has 4 saturated carbocycles. The van der Waals surface area contributed by atoms with E-state index >= 15 is 0 Å². The van der Waals surface area contributed by atoms with Gasteiger partial charge in [-0.25, -0.2) is 0 Å². The number of benzene rings is 1. The standard InChI is InChI=1S/C24H29N/c1-16-6-7-18-4-2-3-5-19(18)9-20(16)14-25-23-11-17-8-21-10-22(13-23)24(21,12-17)15-23/h2-5,9,14,16-17,21-22H,6-8,10-13,15H2,1H3/b25-14+. The molecule has 1 aromatic carbocycles. The molecule has 5 aliphatic carbocycles. The van der Waals surface area contributed by atoms with Crippen LogP contribution in [0.2, 0.25) is 0 Å². The highest BCUT2D eigenvalue weighted by atomic mass is 14.9. The van der Waals surface area contributed by atoms with Crippen LogP contribution in [-0.4, -0.2) is 11.8 Å². The summed E-state index contributed by atoms with van der Waals surface area (Å²) in [5.74, 6) is 3.70. The fourth-order valence-electron chi connectivity index (χ4n) is 7.60. The summed E-state index contributed by atoms with van der Waals surface area (Å²) in [6.07, 6.45) is 16.0. The Labute approximate surface area is 151 Å². The summed E-state index contributed by atoms with van der Waals surface area (Å²) < 4.78 is 0. The van der Waals surface area contributed by atoms with Gasteiger partial charge in [0, 0.05) is 6.21 Å². The number of hydrogen-bond donors (Lipinski definition) is 0. The molecule has 1 spiro atoms. The van der Waals surface area contributed by atoms with Crippen molar-refractivity contribution in [3.63, 3.8) is 0 Å². The van der Waals surface area contributed by atoms with Gasteiger partial charge in [-0.3, -0.25) is 4.99 Å². The van der Waals surface area contributed by atoms with Gasteiger partial charge in [-0.1, -0.05) is 31.2 Å². The lowest BCUT2D eigenvalue weighted by Crippen LogP contribution is -2.42. The highest BCUT2D eigenvalue weighted by Gasteiger charge is 2.70. The van der Waals surface area contributed by atoms with E-state index in [1.165, 1.54) is 61.6 Å². The summed E-state index contributed by atoms with van der Waals surface area (Å²) in [7, 11) is 0. The summed E-state index contributed by atoms with van der Waals surface area (Å²) in [6, 6.07) is 8.92. The molecule has 0 heterocycles. The third-order valence-electron chi connectivity index (χ3n) is 8.72. The molecule has 0 aliphatic heterocycles. The molecule has 0 N–H and O–H groups in total. The fraction of sp³-hybridized carbons (Fsp3) is 0.625. The van der Waals surface area contributed by atoms with Gasteiger partial charge in [0.25, 0.3) is 0 Å². The van der Waals surface area contributed by atoms with E-state index in [-0.39, 0.29) is 0 Å². The van der Waals surface area contributed by atoms with E-state index in [9.17, 15) is 0 Å². The van der Waals surface area contributed by atoms with Crippen LogP contribution in [0.1, 0.15) is 63.0 Å². The Morgan fingerprint density at radius 3 is 2.96 bits per heavy atom. The SMILES string of the molecule is CC1CCc2ccccc2C=C1/C=N/C12CC3CC4CC(C1)C4(C3)C2. The monoisotopic (exact) mass is 331 g/mol. The molecule has 0 radical (unpaired) electrons. The van der Waals surface area contributed by atoms with E-state index in [0.29, 0.717) is 11.5 Å². The van der Waals surface area contributed by atoms with E-state index in [2.05, 4.69) is 43.5 Å². The molecular formula is C24H29N. The maximum Gasteiger partial charge on any atom is 0.0619 e. The molecule has 4 fully saturated rings. The van der Waals surface area contributed by atoms with Crippen molar-refractivity contribution in [3.05, 3.63) is 41.0 Å².